The van der Waals surface area contributed by atoms with Crippen LogP contribution in [0.2, 0.25) is 0 Å². The molecule has 0 radical (unpaired) electrons. The van der Waals surface area contributed by atoms with Gasteiger partial charge in [-0.25, -0.2) is 4.99 Å². The van der Waals surface area contributed by atoms with E-state index >= 15 is 0 Å². The van der Waals surface area contributed by atoms with Crippen molar-refractivity contribution in [3.05, 3.63) is 53.5 Å². The quantitative estimate of drug-likeness (QED) is 0.859. The number of nitrogens with one attached hydrogen (secondary N) is 1. The summed E-state index contributed by atoms with van der Waals surface area (Å²) in [6, 6.07) is 10.3. The minimum absolute atomic E-state index is 0.0320. The summed E-state index contributed by atoms with van der Waals surface area (Å²) in [6.45, 7) is 2.91. The van der Waals surface area contributed by atoms with Crippen molar-refractivity contribution in [1.82, 2.24) is 9.80 Å². The highest BCUT2D eigenvalue weighted by atomic mass is 16.3. The van der Waals surface area contributed by atoms with Gasteiger partial charge in [-0.05, 0) is 43.0 Å². The third-order valence-electron chi connectivity index (χ3n) is 5.58. The van der Waals surface area contributed by atoms with E-state index in [0.29, 0.717) is 18.8 Å². The molecule has 6 nitrogen and oxygen atoms in total. The smallest absolute Gasteiger partial charge is 0.289 e. The summed E-state index contributed by atoms with van der Waals surface area (Å²) < 4.78 is 5.24. The molecule has 0 spiro atoms. The van der Waals surface area contributed by atoms with E-state index in [9.17, 15) is 4.79 Å². The number of benzene rings is 1. The Hall–Kier alpha value is -2.76. The monoisotopic (exact) mass is 350 g/mol. The molecule has 3 aliphatic rings. The molecule has 1 N–H and O–H groups in total. The third kappa shape index (κ3) is 2.57. The molecule has 1 aromatic carbocycles. The summed E-state index contributed by atoms with van der Waals surface area (Å²) in [7, 11) is 0. The molecule has 2 aliphatic heterocycles. The first-order chi connectivity index (χ1) is 12.8. The Labute approximate surface area is 152 Å². The molecule has 6 heteroatoms. The number of aryl methyl sites for hydroxylation is 1. The van der Waals surface area contributed by atoms with Gasteiger partial charge < -0.3 is 19.5 Å². The molecule has 5 rings (SSSR count). The molecule has 0 bridgehead atoms. The third-order valence-corrected chi connectivity index (χ3v) is 5.58. The summed E-state index contributed by atoms with van der Waals surface area (Å²) in [4.78, 5) is 21.5. The zero-order valence-corrected chi connectivity index (χ0v) is 14.6. The topological polar surface area (TPSA) is 61.1 Å². The van der Waals surface area contributed by atoms with Crippen molar-refractivity contribution in [2.75, 3.05) is 31.5 Å². The standard InChI is InChI=1S/C20H22N4O2/c25-19(17-8-3-13-26-17)23-9-11-24(12-10-23)20-21-15-6-1-4-14-5-2-7-16(22-20)18(14)15/h1,3-4,6,8,13,16H,2,5,7,9-12H2,(H,21,22). The van der Waals surface area contributed by atoms with Crippen LogP contribution in [-0.4, -0.2) is 47.8 Å². The number of rotatable bonds is 1. The highest BCUT2D eigenvalue weighted by molar-refractivity contribution is 5.97. The second-order valence-corrected chi connectivity index (χ2v) is 7.12. The van der Waals surface area contributed by atoms with Crippen LogP contribution in [0.5, 0.6) is 0 Å². The van der Waals surface area contributed by atoms with Crippen molar-refractivity contribution in [3.63, 3.8) is 0 Å². The van der Waals surface area contributed by atoms with E-state index < -0.39 is 0 Å². The zero-order valence-electron chi connectivity index (χ0n) is 14.6. The SMILES string of the molecule is O=C(c1ccco1)N1CCN(C2=NC3CCCc4cccc(c43)N2)CC1. The van der Waals surface area contributed by atoms with Crippen molar-refractivity contribution in [1.29, 1.82) is 0 Å². The molecule has 1 unspecified atom stereocenters. The number of anilines is 1. The van der Waals surface area contributed by atoms with E-state index in [1.807, 2.05) is 4.90 Å². The van der Waals surface area contributed by atoms with Gasteiger partial charge in [0.25, 0.3) is 5.91 Å². The van der Waals surface area contributed by atoms with E-state index in [0.717, 1.165) is 31.9 Å². The number of nitrogens with zero attached hydrogens (tertiary/aromatic N) is 3. The van der Waals surface area contributed by atoms with Crippen molar-refractivity contribution in [2.45, 2.75) is 25.3 Å². The molecule has 1 amide bonds. The molecular weight excluding hydrogens is 328 g/mol. The van der Waals surface area contributed by atoms with Crippen LogP contribution in [0.15, 0.2) is 46.0 Å². The number of carbonyl (C=O) groups excluding carboxylic acids is 1. The minimum Gasteiger partial charge on any atom is -0.459 e. The van der Waals surface area contributed by atoms with Crippen LogP contribution < -0.4 is 5.32 Å². The summed E-state index contributed by atoms with van der Waals surface area (Å²) in [5.74, 6) is 1.33. The molecule has 1 saturated heterocycles. The molecule has 134 valence electrons. The van der Waals surface area contributed by atoms with E-state index in [-0.39, 0.29) is 11.9 Å². The van der Waals surface area contributed by atoms with Gasteiger partial charge in [-0.2, -0.15) is 0 Å². The second kappa shape index (κ2) is 6.20. The van der Waals surface area contributed by atoms with Gasteiger partial charge in [0.1, 0.15) is 0 Å². The first-order valence-electron chi connectivity index (χ1n) is 9.34. The normalized spacial score (nSPS) is 21.7. The number of guanidine groups is 1. The van der Waals surface area contributed by atoms with Gasteiger partial charge in [-0.15, -0.1) is 0 Å². The zero-order chi connectivity index (χ0) is 17.5. The highest BCUT2D eigenvalue weighted by Crippen LogP contribution is 2.40. The fraction of sp³-hybridized carbons (Fsp3) is 0.400. The summed E-state index contributed by atoms with van der Waals surface area (Å²) >= 11 is 0. The van der Waals surface area contributed by atoms with Crippen LogP contribution in [0, 0.1) is 0 Å². The molecule has 1 aromatic heterocycles. The van der Waals surface area contributed by atoms with Crippen LogP contribution in [-0.2, 0) is 6.42 Å². The van der Waals surface area contributed by atoms with Gasteiger partial charge in [0.15, 0.2) is 11.7 Å². The lowest BCUT2D eigenvalue weighted by molar-refractivity contribution is 0.0659. The van der Waals surface area contributed by atoms with Gasteiger partial charge >= 0.3 is 0 Å². The van der Waals surface area contributed by atoms with E-state index in [1.165, 1.54) is 23.2 Å². The van der Waals surface area contributed by atoms with Crippen LogP contribution in [0.1, 0.15) is 40.6 Å². The Morgan fingerprint density at radius 2 is 2.04 bits per heavy atom. The van der Waals surface area contributed by atoms with Crippen LogP contribution in [0.25, 0.3) is 0 Å². The number of piperazine rings is 1. The minimum atomic E-state index is -0.0320. The van der Waals surface area contributed by atoms with Gasteiger partial charge in [0, 0.05) is 37.4 Å². The lowest BCUT2D eigenvalue weighted by Crippen LogP contribution is -2.52. The lowest BCUT2D eigenvalue weighted by atomic mass is 9.86. The Kier molecular flexibility index (Phi) is 3.69. The molecule has 2 aromatic rings. The predicted molar refractivity (Wildman–Crippen MR) is 99.4 cm³/mol. The van der Waals surface area contributed by atoms with Crippen molar-refractivity contribution < 1.29 is 9.21 Å². The van der Waals surface area contributed by atoms with Gasteiger partial charge in [-0.3, -0.25) is 4.79 Å². The molecule has 26 heavy (non-hydrogen) atoms. The fourth-order valence-electron chi connectivity index (χ4n) is 4.23. The Balaban J connectivity index is 1.30. The maximum atomic E-state index is 12.4. The van der Waals surface area contributed by atoms with Crippen molar-refractivity contribution in [2.24, 2.45) is 4.99 Å². The molecular formula is C20H22N4O2. The van der Waals surface area contributed by atoms with Gasteiger partial charge in [0.2, 0.25) is 0 Å². The Morgan fingerprint density at radius 3 is 2.85 bits per heavy atom. The maximum Gasteiger partial charge on any atom is 0.289 e. The van der Waals surface area contributed by atoms with Crippen LogP contribution in [0.4, 0.5) is 5.69 Å². The van der Waals surface area contributed by atoms with Crippen molar-refractivity contribution in [3.8, 4) is 0 Å². The van der Waals surface area contributed by atoms with E-state index in [1.54, 1.807) is 18.4 Å². The molecule has 1 atom stereocenters. The first-order valence-corrected chi connectivity index (χ1v) is 9.34. The summed E-state index contributed by atoms with van der Waals surface area (Å²) in [5.41, 5.74) is 4.02. The number of hydrogen-bond acceptors (Lipinski definition) is 5. The van der Waals surface area contributed by atoms with E-state index in [2.05, 4.69) is 28.4 Å². The largest absolute Gasteiger partial charge is 0.459 e. The number of furan rings is 1. The first kappa shape index (κ1) is 15.5. The second-order valence-electron chi connectivity index (χ2n) is 7.12. The summed E-state index contributed by atoms with van der Waals surface area (Å²) in [5, 5.41) is 3.53. The van der Waals surface area contributed by atoms with E-state index in [4.69, 9.17) is 9.41 Å². The average Bonchev–Trinajstić information content (AvgIpc) is 3.23. The highest BCUT2D eigenvalue weighted by Gasteiger charge is 2.31. The van der Waals surface area contributed by atoms with Crippen LogP contribution in [0.3, 0.4) is 0 Å². The lowest BCUT2D eigenvalue weighted by Gasteiger charge is -2.39. The van der Waals surface area contributed by atoms with Crippen LogP contribution >= 0.6 is 0 Å². The van der Waals surface area contributed by atoms with Gasteiger partial charge in [-0.1, -0.05) is 12.1 Å². The fourth-order valence-corrected chi connectivity index (χ4v) is 4.23. The number of carbonyl (C=O) groups is 1. The summed E-state index contributed by atoms with van der Waals surface area (Å²) in [6.07, 6.45) is 5.01. The average molecular weight is 350 g/mol. The Bertz CT molecular complexity index is 851. The predicted octanol–water partition coefficient (Wildman–Crippen LogP) is 2.90. The van der Waals surface area contributed by atoms with Gasteiger partial charge in [0.05, 0.1) is 12.3 Å². The number of amides is 1. The maximum absolute atomic E-state index is 12.4. The van der Waals surface area contributed by atoms with Crippen molar-refractivity contribution >= 4 is 17.6 Å². The molecule has 1 fully saturated rings. The number of aliphatic imine (C=N–C) groups is 1. The molecule has 1 aliphatic carbocycles. The Morgan fingerprint density at radius 1 is 1.15 bits per heavy atom. The number of hydrogen-bond donors (Lipinski definition) is 1. The molecule has 0 saturated carbocycles. The molecule has 3 heterocycles.